The Hall–Kier alpha value is -2.74. The van der Waals surface area contributed by atoms with Crippen molar-refractivity contribution in [2.45, 2.75) is 19.0 Å². The molecule has 2 rings (SSSR count). The lowest BCUT2D eigenvalue weighted by Gasteiger charge is -2.16. The number of carbonyl (C=O) groups is 1. The van der Waals surface area contributed by atoms with E-state index in [0.717, 1.165) is 12.3 Å². The molecule has 176 valence electrons. The van der Waals surface area contributed by atoms with Crippen molar-refractivity contribution in [3.8, 4) is 11.6 Å². The molecule has 2 aromatic rings. The van der Waals surface area contributed by atoms with E-state index in [9.17, 15) is 39.6 Å². The van der Waals surface area contributed by atoms with Gasteiger partial charge in [0.05, 0.1) is 18.0 Å². The minimum Gasteiger partial charge on any atom is -0.487 e. The zero-order valence-electron chi connectivity index (χ0n) is 15.8. The number of sulfonamides is 1. The lowest BCUT2D eigenvalue weighted by molar-refractivity contribution is -0.148. The zero-order chi connectivity index (χ0) is 24.3. The Morgan fingerprint density at radius 1 is 1.19 bits per heavy atom. The van der Waals surface area contributed by atoms with E-state index in [1.807, 2.05) is 0 Å². The minimum atomic E-state index is -4.42. The Morgan fingerprint density at radius 3 is 2.41 bits per heavy atom. The van der Waals surface area contributed by atoms with E-state index in [0.29, 0.717) is 18.4 Å². The second-order valence-electron chi connectivity index (χ2n) is 6.22. The Labute approximate surface area is 182 Å². The molecule has 1 N–H and O–H groups in total. The van der Waals surface area contributed by atoms with Crippen LogP contribution in [0.1, 0.15) is 15.9 Å². The molecule has 0 saturated heterocycles. The molecule has 0 atom stereocenters. The standard InChI is InChI=1S/C17H13ClF6N2O5S/c1-32(28,29)26-14(27)10-4-12(19)8(2-13(10)20)6-30-9-3-11(18)15(25-5-9)31-7-17(23,24)16(21)22/h2-5,16H,6-7H2,1H3,(H,26,27). The van der Waals surface area contributed by atoms with Crippen molar-refractivity contribution in [2.24, 2.45) is 0 Å². The van der Waals surface area contributed by atoms with Crippen molar-refractivity contribution < 1.29 is 49.0 Å². The van der Waals surface area contributed by atoms with Crippen LogP contribution in [0.4, 0.5) is 26.3 Å². The number of hydrogen-bond donors (Lipinski definition) is 1. The van der Waals surface area contributed by atoms with Crippen molar-refractivity contribution in [1.29, 1.82) is 0 Å². The van der Waals surface area contributed by atoms with Gasteiger partial charge >= 0.3 is 12.3 Å². The summed E-state index contributed by atoms with van der Waals surface area (Å²) in [5.74, 6) is -8.85. The van der Waals surface area contributed by atoms with Crippen molar-refractivity contribution in [3.63, 3.8) is 0 Å². The molecule has 32 heavy (non-hydrogen) atoms. The summed E-state index contributed by atoms with van der Waals surface area (Å²) in [5.41, 5.74) is -1.23. The van der Waals surface area contributed by atoms with Crippen molar-refractivity contribution in [3.05, 3.63) is 52.2 Å². The molecule has 0 aliphatic rings. The van der Waals surface area contributed by atoms with E-state index in [-0.39, 0.29) is 16.3 Å². The van der Waals surface area contributed by atoms with Crippen molar-refractivity contribution >= 4 is 27.5 Å². The molecule has 15 heteroatoms. The molecule has 1 aromatic carbocycles. The molecule has 0 radical (unpaired) electrons. The highest BCUT2D eigenvalue weighted by molar-refractivity contribution is 7.89. The normalized spacial score (nSPS) is 12.0. The van der Waals surface area contributed by atoms with Gasteiger partial charge in [0.25, 0.3) is 5.91 Å². The number of alkyl halides is 4. The fraction of sp³-hybridized carbons (Fsp3) is 0.294. The lowest BCUT2D eigenvalue weighted by atomic mass is 10.1. The molecule has 1 heterocycles. The predicted molar refractivity (Wildman–Crippen MR) is 98.7 cm³/mol. The van der Waals surface area contributed by atoms with E-state index in [2.05, 4.69) is 9.72 Å². The smallest absolute Gasteiger partial charge is 0.340 e. The quantitative estimate of drug-likeness (QED) is 0.523. The Morgan fingerprint density at radius 2 is 1.84 bits per heavy atom. The lowest BCUT2D eigenvalue weighted by Crippen LogP contribution is -2.33. The van der Waals surface area contributed by atoms with Crippen LogP contribution in [0.5, 0.6) is 11.6 Å². The fourth-order valence-corrected chi connectivity index (χ4v) is 2.74. The molecule has 0 spiro atoms. The third-order valence-electron chi connectivity index (χ3n) is 3.56. The summed E-state index contributed by atoms with van der Waals surface area (Å²) in [5, 5.41) is -0.382. The van der Waals surface area contributed by atoms with Gasteiger partial charge in [-0.15, -0.1) is 0 Å². The number of amides is 1. The van der Waals surface area contributed by atoms with Gasteiger partial charge in [0.2, 0.25) is 15.9 Å². The zero-order valence-corrected chi connectivity index (χ0v) is 17.4. The van der Waals surface area contributed by atoms with E-state index in [4.69, 9.17) is 16.3 Å². The first kappa shape index (κ1) is 25.5. The maximum absolute atomic E-state index is 14.2. The number of halogens is 7. The van der Waals surface area contributed by atoms with Crippen molar-refractivity contribution in [1.82, 2.24) is 9.71 Å². The number of nitrogens with zero attached hydrogens (tertiary/aromatic N) is 1. The molecule has 0 fully saturated rings. The van der Waals surface area contributed by atoms with Gasteiger partial charge in [-0.25, -0.2) is 35.7 Å². The van der Waals surface area contributed by atoms with Gasteiger partial charge in [-0.1, -0.05) is 11.6 Å². The van der Waals surface area contributed by atoms with Crippen LogP contribution >= 0.6 is 11.6 Å². The number of aromatic nitrogens is 1. The summed E-state index contributed by atoms with van der Waals surface area (Å²) in [6.07, 6.45) is -2.39. The van der Waals surface area contributed by atoms with E-state index in [1.165, 1.54) is 4.72 Å². The van der Waals surface area contributed by atoms with Gasteiger partial charge < -0.3 is 9.47 Å². The summed E-state index contributed by atoms with van der Waals surface area (Å²) < 4.78 is 112. The molecule has 1 amide bonds. The van der Waals surface area contributed by atoms with Crippen LogP contribution in [-0.2, 0) is 16.6 Å². The van der Waals surface area contributed by atoms with Gasteiger partial charge in [0.1, 0.15) is 29.0 Å². The third kappa shape index (κ3) is 6.88. The number of hydrogen-bond acceptors (Lipinski definition) is 6. The first-order valence-corrected chi connectivity index (χ1v) is 10.5. The SMILES string of the molecule is CS(=O)(=O)NC(=O)c1cc(F)c(COc2cnc(OCC(F)(F)C(F)F)c(Cl)c2)cc1F. The second kappa shape index (κ2) is 9.81. The molecule has 1 aromatic heterocycles. The largest absolute Gasteiger partial charge is 0.487 e. The predicted octanol–water partition coefficient (Wildman–Crippen LogP) is 3.56. The summed E-state index contributed by atoms with van der Waals surface area (Å²) in [4.78, 5) is 15.2. The van der Waals surface area contributed by atoms with Gasteiger partial charge in [-0.2, -0.15) is 8.78 Å². The summed E-state index contributed by atoms with van der Waals surface area (Å²) in [6.45, 7) is -2.28. The highest BCUT2D eigenvalue weighted by atomic mass is 35.5. The maximum Gasteiger partial charge on any atom is 0.340 e. The van der Waals surface area contributed by atoms with Crippen LogP contribution in [0.2, 0.25) is 5.02 Å². The summed E-state index contributed by atoms with van der Waals surface area (Å²) in [7, 11) is -4.00. The van der Waals surface area contributed by atoms with Gasteiger partial charge in [0, 0.05) is 11.6 Å². The molecule has 7 nitrogen and oxygen atoms in total. The molecule has 0 bridgehead atoms. The highest BCUT2D eigenvalue weighted by Crippen LogP contribution is 2.29. The fourth-order valence-electron chi connectivity index (χ4n) is 2.08. The Kier molecular flexibility index (Phi) is 7.83. The van der Waals surface area contributed by atoms with E-state index >= 15 is 0 Å². The Balaban J connectivity index is 2.08. The monoisotopic (exact) mass is 506 g/mol. The van der Waals surface area contributed by atoms with Crippen LogP contribution in [0.25, 0.3) is 0 Å². The first-order valence-electron chi connectivity index (χ1n) is 8.27. The number of ether oxygens (including phenoxy) is 2. The average molecular weight is 507 g/mol. The first-order chi connectivity index (χ1) is 14.7. The van der Waals surface area contributed by atoms with Crippen LogP contribution in [0.3, 0.4) is 0 Å². The highest BCUT2D eigenvalue weighted by Gasteiger charge is 2.42. The van der Waals surface area contributed by atoms with Crippen LogP contribution in [0, 0.1) is 11.6 Å². The van der Waals surface area contributed by atoms with Gasteiger partial charge in [-0.05, 0) is 12.1 Å². The number of carbonyl (C=O) groups excluding carboxylic acids is 1. The minimum absolute atomic E-state index is 0.137. The average Bonchev–Trinajstić information content (AvgIpc) is 2.66. The third-order valence-corrected chi connectivity index (χ3v) is 4.38. The maximum atomic E-state index is 14.2. The molecular weight excluding hydrogens is 494 g/mol. The number of benzene rings is 1. The van der Waals surface area contributed by atoms with E-state index in [1.54, 1.807) is 0 Å². The van der Waals surface area contributed by atoms with E-state index < -0.39 is 64.6 Å². The Bertz CT molecular complexity index is 1120. The second-order valence-corrected chi connectivity index (χ2v) is 8.38. The molecule has 0 saturated carbocycles. The molecule has 0 unspecified atom stereocenters. The number of pyridine rings is 1. The number of nitrogens with one attached hydrogen (secondary N) is 1. The molecule has 0 aliphatic carbocycles. The van der Waals surface area contributed by atoms with Gasteiger partial charge in [-0.3, -0.25) is 4.79 Å². The van der Waals surface area contributed by atoms with Crippen molar-refractivity contribution in [2.75, 3.05) is 12.9 Å². The van der Waals surface area contributed by atoms with Crippen LogP contribution < -0.4 is 14.2 Å². The number of rotatable bonds is 9. The molecule has 0 aliphatic heterocycles. The summed E-state index contributed by atoms with van der Waals surface area (Å²) in [6, 6.07) is 2.08. The van der Waals surface area contributed by atoms with Crippen LogP contribution in [0.15, 0.2) is 24.4 Å². The van der Waals surface area contributed by atoms with Gasteiger partial charge in [0.15, 0.2) is 6.61 Å². The topological polar surface area (TPSA) is 94.6 Å². The summed E-state index contributed by atoms with van der Waals surface area (Å²) >= 11 is 5.76. The van der Waals surface area contributed by atoms with Crippen LogP contribution in [-0.4, -0.2) is 44.5 Å². The molecular formula is C17H13ClF6N2O5S.